The van der Waals surface area contributed by atoms with Crippen LogP contribution in [0.25, 0.3) is 0 Å². The second kappa shape index (κ2) is 35.4. The van der Waals surface area contributed by atoms with Gasteiger partial charge in [-0.05, 0) is 51.0 Å². The number of carboxylic acids is 2. The molecule has 0 spiro atoms. The van der Waals surface area contributed by atoms with E-state index in [1.54, 1.807) is 0 Å². The lowest BCUT2D eigenvalue weighted by Crippen LogP contribution is -2.04. The number of aliphatic carboxylic acids is 2. The lowest BCUT2D eigenvalue weighted by Gasteiger charge is -2.07. The molecule has 0 saturated heterocycles. The summed E-state index contributed by atoms with van der Waals surface area (Å²) in [7, 11) is 0. The first kappa shape index (κ1) is 42.3. The number of hydrogen-bond acceptors (Lipinski definition) is 4. The van der Waals surface area contributed by atoms with Crippen molar-refractivity contribution in [1.82, 2.24) is 0 Å². The van der Waals surface area contributed by atoms with Crippen molar-refractivity contribution < 1.29 is 30.0 Å². The zero-order valence-corrected chi connectivity index (χ0v) is 27.5. The Morgan fingerprint density at radius 1 is 0.548 bits per heavy atom. The summed E-state index contributed by atoms with van der Waals surface area (Å²) in [5.74, 6) is -2.44. The van der Waals surface area contributed by atoms with Gasteiger partial charge >= 0.3 is 11.9 Å². The number of carbonyl (C=O) groups is 2. The van der Waals surface area contributed by atoms with Gasteiger partial charge in [0.2, 0.25) is 0 Å². The van der Waals surface area contributed by atoms with Crippen LogP contribution in [0.3, 0.4) is 0 Å². The normalized spacial score (nSPS) is 12.3. The maximum atomic E-state index is 10.3. The predicted octanol–water partition coefficient (Wildman–Crippen LogP) is 11.1. The molecule has 0 aromatic heterocycles. The van der Waals surface area contributed by atoms with E-state index in [0.29, 0.717) is 12.8 Å². The molecule has 0 aliphatic rings. The van der Waals surface area contributed by atoms with Gasteiger partial charge in [0.05, 0.1) is 6.10 Å². The number of aliphatic hydroxyl groups is 2. The van der Waals surface area contributed by atoms with Crippen LogP contribution in [0.1, 0.15) is 187 Å². The van der Waals surface area contributed by atoms with Gasteiger partial charge in [-0.15, -0.1) is 0 Å². The molecule has 0 rings (SSSR count). The molecule has 42 heavy (non-hydrogen) atoms. The number of unbranched alkanes of at least 4 members (excludes halogenated alkanes) is 21. The Kier molecular flexibility index (Phi) is 35.6. The standard InChI is InChI=1S/2C18H34O3/c1-2-3-4-11-14-17(19)15-12-9-7-5-6-8-10-13-16-18(20)21;1-2-3-4-5-6-7-8-9-10-11-12-13-14-15-16-17(19)18(20)21/h9,12,17,19H,2-8,10-11,13-16H2,1H3,(H,20,21);16,19H,2-15H2,1H3,(H,20,21)/b12-9-;/t17-;/m1./s1. The van der Waals surface area contributed by atoms with Crippen molar-refractivity contribution in [1.29, 1.82) is 0 Å². The van der Waals surface area contributed by atoms with Crippen LogP contribution in [0.15, 0.2) is 24.0 Å². The van der Waals surface area contributed by atoms with Crippen molar-refractivity contribution in [3.8, 4) is 0 Å². The number of aliphatic hydroxyl groups excluding tert-OH is 2. The van der Waals surface area contributed by atoms with Crippen molar-refractivity contribution in [2.75, 3.05) is 0 Å². The first-order valence-electron chi connectivity index (χ1n) is 17.5. The van der Waals surface area contributed by atoms with Crippen LogP contribution < -0.4 is 0 Å². The largest absolute Gasteiger partial charge is 0.502 e. The summed E-state index contributed by atoms with van der Waals surface area (Å²) in [6, 6.07) is 0. The quantitative estimate of drug-likeness (QED) is 0.0284. The minimum absolute atomic E-state index is 0.172. The van der Waals surface area contributed by atoms with E-state index in [1.807, 2.05) is 0 Å². The molecule has 0 saturated carbocycles. The van der Waals surface area contributed by atoms with E-state index in [0.717, 1.165) is 64.2 Å². The first-order chi connectivity index (χ1) is 20.3. The third-order valence-corrected chi connectivity index (χ3v) is 7.59. The fraction of sp³-hybridized carbons (Fsp3) is 0.833. The summed E-state index contributed by atoms with van der Waals surface area (Å²) in [5, 5.41) is 35.7. The van der Waals surface area contributed by atoms with Gasteiger partial charge in [-0.25, -0.2) is 4.79 Å². The molecule has 0 heterocycles. The zero-order chi connectivity index (χ0) is 31.5. The van der Waals surface area contributed by atoms with Gasteiger partial charge < -0.3 is 20.4 Å². The van der Waals surface area contributed by atoms with Crippen molar-refractivity contribution in [2.45, 2.75) is 193 Å². The molecule has 0 aromatic carbocycles. The predicted molar refractivity (Wildman–Crippen MR) is 177 cm³/mol. The van der Waals surface area contributed by atoms with Gasteiger partial charge in [-0.3, -0.25) is 4.79 Å². The Bertz CT molecular complexity index is 643. The topological polar surface area (TPSA) is 115 Å². The smallest absolute Gasteiger partial charge is 0.370 e. The van der Waals surface area contributed by atoms with Crippen LogP contribution in [0.2, 0.25) is 0 Å². The number of rotatable bonds is 30. The van der Waals surface area contributed by atoms with E-state index >= 15 is 0 Å². The second-order valence-corrected chi connectivity index (χ2v) is 11.8. The van der Waals surface area contributed by atoms with Gasteiger partial charge in [0.15, 0.2) is 5.76 Å². The molecule has 0 fully saturated rings. The van der Waals surface area contributed by atoms with Crippen molar-refractivity contribution in [3.05, 3.63) is 24.0 Å². The Morgan fingerprint density at radius 3 is 1.45 bits per heavy atom. The highest BCUT2D eigenvalue weighted by Gasteiger charge is 2.02. The Balaban J connectivity index is 0. The minimum Gasteiger partial charge on any atom is -0.502 e. The lowest BCUT2D eigenvalue weighted by atomic mass is 10.0. The Morgan fingerprint density at radius 2 is 0.976 bits per heavy atom. The molecule has 0 radical (unpaired) electrons. The van der Waals surface area contributed by atoms with Crippen molar-refractivity contribution >= 4 is 11.9 Å². The molecule has 0 aliphatic heterocycles. The van der Waals surface area contributed by atoms with E-state index in [-0.39, 0.29) is 6.10 Å². The Hall–Kier alpha value is -1.82. The maximum Gasteiger partial charge on any atom is 0.370 e. The van der Waals surface area contributed by atoms with Crippen LogP contribution in [0.4, 0.5) is 0 Å². The average Bonchev–Trinajstić information content (AvgIpc) is 2.96. The summed E-state index contributed by atoms with van der Waals surface area (Å²) in [5.41, 5.74) is 0. The van der Waals surface area contributed by atoms with Gasteiger partial charge in [0.25, 0.3) is 0 Å². The number of hydrogen-bond donors (Lipinski definition) is 4. The monoisotopic (exact) mass is 597 g/mol. The number of carboxylic acid groups (broad SMARTS) is 2. The SMILES string of the molecule is CCCCCCCCCCCCCCCC=C(O)C(=O)O.CCCCCC[C@@H](O)C/C=C\CCCCCCCC(=O)O. The molecule has 6 nitrogen and oxygen atoms in total. The highest BCUT2D eigenvalue weighted by atomic mass is 16.4. The van der Waals surface area contributed by atoms with Crippen molar-refractivity contribution in [3.63, 3.8) is 0 Å². The summed E-state index contributed by atoms with van der Waals surface area (Å²) in [4.78, 5) is 20.7. The van der Waals surface area contributed by atoms with E-state index in [2.05, 4.69) is 26.0 Å². The van der Waals surface area contributed by atoms with Crippen LogP contribution in [0, 0.1) is 0 Å². The molecule has 248 valence electrons. The summed E-state index contributed by atoms with van der Waals surface area (Å²) in [6.07, 6.45) is 36.4. The molecule has 0 bridgehead atoms. The van der Waals surface area contributed by atoms with E-state index in [9.17, 15) is 14.7 Å². The van der Waals surface area contributed by atoms with Crippen LogP contribution in [-0.4, -0.2) is 38.5 Å². The highest BCUT2D eigenvalue weighted by molar-refractivity contribution is 5.83. The zero-order valence-electron chi connectivity index (χ0n) is 27.5. The fourth-order valence-corrected chi connectivity index (χ4v) is 4.85. The van der Waals surface area contributed by atoms with E-state index < -0.39 is 17.7 Å². The summed E-state index contributed by atoms with van der Waals surface area (Å²) >= 11 is 0. The van der Waals surface area contributed by atoms with E-state index in [4.69, 9.17) is 15.3 Å². The molecule has 0 aliphatic carbocycles. The van der Waals surface area contributed by atoms with Crippen LogP contribution >= 0.6 is 0 Å². The average molecular weight is 597 g/mol. The molecule has 0 unspecified atom stereocenters. The molecular weight excluding hydrogens is 528 g/mol. The van der Waals surface area contributed by atoms with E-state index in [1.165, 1.54) is 102 Å². The fourth-order valence-electron chi connectivity index (χ4n) is 4.85. The number of allylic oxidation sites excluding steroid dienone is 2. The third kappa shape index (κ3) is 38.2. The molecule has 0 aromatic rings. The first-order valence-corrected chi connectivity index (χ1v) is 17.5. The molecule has 6 heteroatoms. The summed E-state index contributed by atoms with van der Waals surface area (Å²) < 4.78 is 0. The van der Waals surface area contributed by atoms with Gasteiger partial charge in [0, 0.05) is 6.42 Å². The highest BCUT2D eigenvalue weighted by Crippen LogP contribution is 2.14. The Labute approximate surface area is 259 Å². The lowest BCUT2D eigenvalue weighted by molar-refractivity contribution is -0.137. The van der Waals surface area contributed by atoms with Gasteiger partial charge in [-0.1, -0.05) is 148 Å². The third-order valence-electron chi connectivity index (χ3n) is 7.59. The van der Waals surface area contributed by atoms with Crippen molar-refractivity contribution in [2.24, 2.45) is 0 Å². The van der Waals surface area contributed by atoms with Crippen LogP contribution in [-0.2, 0) is 9.59 Å². The molecule has 4 N–H and O–H groups in total. The van der Waals surface area contributed by atoms with Crippen LogP contribution in [0.5, 0.6) is 0 Å². The summed E-state index contributed by atoms with van der Waals surface area (Å²) in [6.45, 7) is 4.45. The van der Waals surface area contributed by atoms with Gasteiger partial charge in [-0.2, -0.15) is 0 Å². The van der Waals surface area contributed by atoms with Gasteiger partial charge in [0.1, 0.15) is 0 Å². The molecule has 0 amide bonds. The molecular formula is C36H68O6. The maximum absolute atomic E-state index is 10.3. The second-order valence-electron chi connectivity index (χ2n) is 11.8. The minimum atomic E-state index is -1.23. The molecule has 1 atom stereocenters.